The smallest absolute Gasteiger partial charge is 0.308 e. The van der Waals surface area contributed by atoms with Crippen LogP contribution in [0.25, 0.3) is 0 Å². The second-order valence-corrected chi connectivity index (χ2v) is 6.11. The number of rotatable bonds is 4. The van der Waals surface area contributed by atoms with E-state index in [0.29, 0.717) is 25.8 Å². The fourth-order valence-electron chi connectivity index (χ4n) is 2.99. The van der Waals surface area contributed by atoms with Crippen molar-refractivity contribution in [3.05, 3.63) is 29.8 Å². The molecule has 1 aromatic carbocycles. The highest BCUT2D eigenvalue weighted by Crippen LogP contribution is 2.36. The molecule has 21 heavy (non-hydrogen) atoms. The molecule has 1 amide bonds. The molecule has 2 rings (SSSR count). The van der Waals surface area contributed by atoms with Crippen molar-refractivity contribution in [1.82, 2.24) is 4.90 Å². The van der Waals surface area contributed by atoms with Gasteiger partial charge in [0, 0.05) is 17.9 Å². The largest absolute Gasteiger partial charge is 0.481 e. The summed E-state index contributed by atoms with van der Waals surface area (Å²) in [6, 6.07) is 7.52. The van der Waals surface area contributed by atoms with E-state index in [2.05, 4.69) is 0 Å². The summed E-state index contributed by atoms with van der Waals surface area (Å²) < 4.78 is 0. The van der Waals surface area contributed by atoms with E-state index < -0.39 is 11.9 Å². The zero-order valence-electron chi connectivity index (χ0n) is 12.4. The third-order valence-corrected chi connectivity index (χ3v) is 4.80. The number of benzene rings is 1. The maximum atomic E-state index is 12.2. The van der Waals surface area contributed by atoms with Gasteiger partial charge in [0.2, 0.25) is 5.91 Å². The summed E-state index contributed by atoms with van der Waals surface area (Å²) in [6.07, 6.45) is 3.64. The van der Waals surface area contributed by atoms with Crippen molar-refractivity contribution >= 4 is 23.6 Å². The first kappa shape index (κ1) is 15.9. The first-order valence-corrected chi connectivity index (χ1v) is 8.47. The number of hydrogen-bond donors (Lipinski definition) is 1. The van der Waals surface area contributed by atoms with Gasteiger partial charge in [-0.25, -0.2) is 0 Å². The van der Waals surface area contributed by atoms with Crippen LogP contribution in [-0.4, -0.2) is 34.7 Å². The average molecular weight is 307 g/mol. The van der Waals surface area contributed by atoms with Crippen molar-refractivity contribution in [2.75, 3.05) is 12.8 Å². The van der Waals surface area contributed by atoms with Crippen molar-refractivity contribution in [2.45, 2.75) is 37.1 Å². The highest BCUT2D eigenvalue weighted by atomic mass is 32.2. The highest BCUT2D eigenvalue weighted by Gasteiger charge is 2.37. The number of thioether (sulfide) groups is 1. The van der Waals surface area contributed by atoms with Crippen LogP contribution < -0.4 is 0 Å². The molecule has 0 aromatic heterocycles. The molecule has 1 N–H and O–H groups in total. The molecule has 114 valence electrons. The van der Waals surface area contributed by atoms with Crippen molar-refractivity contribution in [2.24, 2.45) is 5.92 Å². The van der Waals surface area contributed by atoms with Crippen LogP contribution in [0, 0.1) is 5.92 Å². The van der Waals surface area contributed by atoms with Crippen LogP contribution in [0.2, 0.25) is 0 Å². The van der Waals surface area contributed by atoms with E-state index in [1.165, 1.54) is 0 Å². The molecule has 4 nitrogen and oxygen atoms in total. The van der Waals surface area contributed by atoms with Gasteiger partial charge in [0.15, 0.2) is 0 Å². The van der Waals surface area contributed by atoms with Gasteiger partial charge in [0.05, 0.1) is 12.0 Å². The standard InChI is InChI=1S/C16H21NO3S/c1-3-17-14(18)6-4-5-13(16(19)20)15(17)11-7-9-12(21-2)10-8-11/h7-10,13,15H,3-6H2,1-2H3,(H,19,20). The lowest BCUT2D eigenvalue weighted by Crippen LogP contribution is -2.38. The van der Waals surface area contributed by atoms with Gasteiger partial charge in [-0.2, -0.15) is 0 Å². The lowest BCUT2D eigenvalue weighted by Gasteiger charge is -2.33. The Kier molecular flexibility index (Phi) is 5.28. The normalized spacial score (nSPS) is 23.0. The molecule has 1 saturated heterocycles. The molecule has 1 aliphatic heterocycles. The third kappa shape index (κ3) is 3.40. The van der Waals surface area contributed by atoms with Crippen LogP contribution >= 0.6 is 11.8 Å². The Hall–Kier alpha value is -1.49. The summed E-state index contributed by atoms with van der Waals surface area (Å²) in [5.41, 5.74) is 0.914. The lowest BCUT2D eigenvalue weighted by molar-refractivity contribution is -0.146. The number of likely N-dealkylation sites (tertiary alicyclic amines) is 1. The molecule has 1 aromatic rings. The average Bonchev–Trinajstić information content (AvgIpc) is 2.66. The quantitative estimate of drug-likeness (QED) is 0.868. The van der Waals surface area contributed by atoms with Crippen LogP contribution in [0.3, 0.4) is 0 Å². The Morgan fingerprint density at radius 2 is 2.05 bits per heavy atom. The Morgan fingerprint density at radius 1 is 1.38 bits per heavy atom. The van der Waals surface area contributed by atoms with E-state index in [0.717, 1.165) is 10.5 Å². The number of carbonyl (C=O) groups is 2. The van der Waals surface area contributed by atoms with E-state index >= 15 is 0 Å². The minimum atomic E-state index is -0.818. The SMILES string of the molecule is CCN1C(=O)CCCC(C(=O)O)C1c1ccc(SC)cc1. The molecule has 0 radical (unpaired) electrons. The summed E-state index contributed by atoms with van der Waals surface area (Å²) in [6.45, 7) is 2.45. The van der Waals surface area contributed by atoms with Crippen molar-refractivity contribution in [1.29, 1.82) is 0 Å². The van der Waals surface area contributed by atoms with Gasteiger partial charge < -0.3 is 10.0 Å². The number of hydrogen-bond acceptors (Lipinski definition) is 3. The summed E-state index contributed by atoms with van der Waals surface area (Å²) in [5, 5.41) is 9.55. The molecule has 1 aliphatic rings. The van der Waals surface area contributed by atoms with Gasteiger partial charge in [-0.3, -0.25) is 9.59 Å². The first-order chi connectivity index (χ1) is 10.1. The Morgan fingerprint density at radius 3 is 2.57 bits per heavy atom. The number of carboxylic acid groups (broad SMARTS) is 1. The van der Waals surface area contributed by atoms with Gasteiger partial charge in [0.1, 0.15) is 0 Å². The summed E-state index contributed by atoms with van der Waals surface area (Å²) in [4.78, 5) is 26.7. The zero-order valence-corrected chi connectivity index (χ0v) is 13.2. The molecule has 1 heterocycles. The maximum Gasteiger partial charge on any atom is 0.308 e. The molecule has 5 heteroatoms. The van der Waals surface area contributed by atoms with Gasteiger partial charge in [-0.1, -0.05) is 12.1 Å². The topological polar surface area (TPSA) is 57.6 Å². The van der Waals surface area contributed by atoms with Crippen LogP contribution in [0.1, 0.15) is 37.8 Å². The highest BCUT2D eigenvalue weighted by molar-refractivity contribution is 7.98. The van der Waals surface area contributed by atoms with Crippen LogP contribution in [0.4, 0.5) is 0 Å². The number of amides is 1. The molecule has 1 fully saturated rings. The molecule has 2 atom stereocenters. The molecule has 0 spiro atoms. The predicted octanol–water partition coefficient (Wildman–Crippen LogP) is 3.18. The van der Waals surface area contributed by atoms with E-state index in [1.807, 2.05) is 37.4 Å². The zero-order chi connectivity index (χ0) is 15.4. The fourth-order valence-corrected chi connectivity index (χ4v) is 3.40. The van der Waals surface area contributed by atoms with Crippen molar-refractivity contribution in [3.8, 4) is 0 Å². The molecule has 2 unspecified atom stereocenters. The van der Waals surface area contributed by atoms with Crippen molar-refractivity contribution < 1.29 is 14.7 Å². The molecule has 0 saturated carbocycles. The number of carbonyl (C=O) groups excluding carboxylic acids is 1. The van der Waals surface area contributed by atoms with Gasteiger partial charge in [-0.05, 0) is 43.7 Å². The number of nitrogens with zero attached hydrogens (tertiary/aromatic N) is 1. The maximum absolute atomic E-state index is 12.2. The van der Waals surface area contributed by atoms with E-state index in [1.54, 1.807) is 16.7 Å². The fraction of sp³-hybridized carbons (Fsp3) is 0.500. The second kappa shape index (κ2) is 6.98. The van der Waals surface area contributed by atoms with Crippen LogP contribution in [-0.2, 0) is 9.59 Å². The monoisotopic (exact) mass is 307 g/mol. The molecular weight excluding hydrogens is 286 g/mol. The third-order valence-electron chi connectivity index (χ3n) is 4.06. The van der Waals surface area contributed by atoms with Crippen molar-refractivity contribution in [3.63, 3.8) is 0 Å². The van der Waals surface area contributed by atoms with E-state index in [-0.39, 0.29) is 11.9 Å². The predicted molar refractivity (Wildman–Crippen MR) is 83.3 cm³/mol. The summed E-state index contributed by atoms with van der Waals surface area (Å²) in [7, 11) is 0. The van der Waals surface area contributed by atoms with E-state index in [4.69, 9.17) is 0 Å². The Labute approximate surface area is 129 Å². The van der Waals surface area contributed by atoms with Crippen LogP contribution in [0.5, 0.6) is 0 Å². The second-order valence-electron chi connectivity index (χ2n) is 5.23. The molecular formula is C16H21NO3S. The minimum Gasteiger partial charge on any atom is -0.481 e. The summed E-state index contributed by atoms with van der Waals surface area (Å²) in [5.74, 6) is -1.29. The summed E-state index contributed by atoms with van der Waals surface area (Å²) >= 11 is 1.65. The van der Waals surface area contributed by atoms with Gasteiger partial charge in [0.25, 0.3) is 0 Å². The van der Waals surface area contributed by atoms with Crippen LogP contribution in [0.15, 0.2) is 29.2 Å². The van der Waals surface area contributed by atoms with Gasteiger partial charge >= 0.3 is 5.97 Å². The minimum absolute atomic E-state index is 0.0557. The Balaban J connectivity index is 2.42. The first-order valence-electron chi connectivity index (χ1n) is 7.24. The number of carboxylic acids is 1. The lowest BCUT2D eigenvalue weighted by atomic mass is 9.89. The van der Waals surface area contributed by atoms with E-state index in [9.17, 15) is 14.7 Å². The molecule has 0 aliphatic carbocycles. The molecule has 0 bridgehead atoms. The number of aliphatic carboxylic acids is 1. The van der Waals surface area contributed by atoms with Gasteiger partial charge in [-0.15, -0.1) is 11.8 Å². The Bertz CT molecular complexity index is 513.